The fraction of sp³-hybridized carbons (Fsp3) is 0.588. The van der Waals surface area contributed by atoms with Crippen LogP contribution in [-0.4, -0.2) is 55.9 Å². The van der Waals surface area contributed by atoms with Gasteiger partial charge in [-0.3, -0.25) is 9.69 Å². The van der Waals surface area contributed by atoms with Gasteiger partial charge in [0.05, 0.1) is 29.9 Å². The number of amides is 1. The highest BCUT2D eigenvalue weighted by molar-refractivity contribution is 6.42. The maximum absolute atomic E-state index is 12.2. The molecule has 2 heterocycles. The topological polar surface area (TPSA) is 50.8 Å². The zero-order valence-electron chi connectivity index (χ0n) is 13.5. The zero-order valence-corrected chi connectivity index (χ0v) is 15.0. The Morgan fingerprint density at radius 3 is 2.67 bits per heavy atom. The van der Waals surface area contributed by atoms with Gasteiger partial charge in [0.2, 0.25) is 0 Å². The van der Waals surface area contributed by atoms with Gasteiger partial charge in [0.1, 0.15) is 0 Å². The SMILES string of the molecule is O=C(NC1CCN(Cc2ccc(Cl)c(Cl)c2)CC1)C1COCCO1. The first-order chi connectivity index (χ1) is 11.6. The number of nitrogens with one attached hydrogen (secondary N) is 1. The third-order valence-electron chi connectivity index (χ3n) is 4.43. The number of halogens is 2. The second-order valence-electron chi connectivity index (χ2n) is 6.24. The van der Waals surface area contributed by atoms with Crippen molar-refractivity contribution in [1.82, 2.24) is 10.2 Å². The van der Waals surface area contributed by atoms with E-state index in [4.69, 9.17) is 32.7 Å². The summed E-state index contributed by atoms with van der Waals surface area (Å²) in [5.74, 6) is -0.0577. The summed E-state index contributed by atoms with van der Waals surface area (Å²) >= 11 is 12.0. The lowest BCUT2D eigenvalue weighted by Crippen LogP contribution is -2.50. The largest absolute Gasteiger partial charge is 0.376 e. The van der Waals surface area contributed by atoms with E-state index in [1.54, 1.807) is 0 Å². The van der Waals surface area contributed by atoms with Crippen LogP contribution in [-0.2, 0) is 20.8 Å². The van der Waals surface area contributed by atoms with Crippen molar-refractivity contribution in [1.29, 1.82) is 0 Å². The molecule has 3 rings (SSSR count). The minimum absolute atomic E-state index is 0.0577. The summed E-state index contributed by atoms with van der Waals surface area (Å²) in [5, 5.41) is 4.25. The Kier molecular flexibility index (Phi) is 6.36. The second-order valence-corrected chi connectivity index (χ2v) is 7.06. The van der Waals surface area contributed by atoms with Crippen molar-refractivity contribution in [3.05, 3.63) is 33.8 Å². The van der Waals surface area contributed by atoms with Gasteiger partial charge in [0, 0.05) is 25.7 Å². The fourth-order valence-electron chi connectivity index (χ4n) is 3.06. The highest BCUT2D eigenvalue weighted by Crippen LogP contribution is 2.24. The Balaban J connectivity index is 1.43. The summed E-state index contributed by atoms with van der Waals surface area (Å²) < 4.78 is 10.7. The molecule has 0 radical (unpaired) electrons. The lowest BCUT2D eigenvalue weighted by atomic mass is 10.0. The van der Waals surface area contributed by atoms with E-state index < -0.39 is 6.10 Å². The monoisotopic (exact) mass is 372 g/mol. The molecule has 1 amide bonds. The summed E-state index contributed by atoms with van der Waals surface area (Å²) in [4.78, 5) is 14.5. The van der Waals surface area contributed by atoms with Crippen LogP contribution in [0.15, 0.2) is 18.2 Å². The lowest BCUT2D eigenvalue weighted by Gasteiger charge is -2.33. The van der Waals surface area contributed by atoms with E-state index in [1.807, 2.05) is 18.2 Å². The Bertz CT molecular complexity index is 571. The molecule has 1 aromatic rings. The maximum Gasteiger partial charge on any atom is 0.251 e. The first-order valence-electron chi connectivity index (χ1n) is 8.28. The molecule has 2 saturated heterocycles. The maximum atomic E-state index is 12.2. The smallest absolute Gasteiger partial charge is 0.251 e. The van der Waals surface area contributed by atoms with Gasteiger partial charge in [-0.25, -0.2) is 0 Å². The van der Waals surface area contributed by atoms with Crippen LogP contribution >= 0.6 is 23.2 Å². The number of benzene rings is 1. The highest BCUT2D eigenvalue weighted by Gasteiger charge is 2.27. The van der Waals surface area contributed by atoms with Crippen LogP contribution in [0.1, 0.15) is 18.4 Å². The van der Waals surface area contributed by atoms with Gasteiger partial charge in [-0.05, 0) is 30.5 Å². The number of carbonyl (C=O) groups excluding carboxylic acids is 1. The molecule has 132 valence electrons. The molecule has 1 N–H and O–H groups in total. The Hall–Kier alpha value is -0.850. The summed E-state index contributed by atoms with van der Waals surface area (Å²) in [6.07, 6.45) is 1.40. The van der Waals surface area contributed by atoms with E-state index in [2.05, 4.69) is 10.2 Å². The number of piperidine rings is 1. The molecule has 7 heteroatoms. The molecule has 24 heavy (non-hydrogen) atoms. The lowest BCUT2D eigenvalue weighted by molar-refractivity contribution is -0.148. The van der Waals surface area contributed by atoms with E-state index >= 15 is 0 Å². The molecule has 2 aliphatic heterocycles. The molecule has 2 fully saturated rings. The highest BCUT2D eigenvalue weighted by atomic mass is 35.5. The molecule has 0 spiro atoms. The van der Waals surface area contributed by atoms with Crippen LogP contribution in [0.5, 0.6) is 0 Å². The van der Waals surface area contributed by atoms with Gasteiger partial charge in [-0.15, -0.1) is 0 Å². The van der Waals surface area contributed by atoms with Crippen molar-refractivity contribution in [2.75, 3.05) is 32.9 Å². The van der Waals surface area contributed by atoms with Crippen molar-refractivity contribution in [2.24, 2.45) is 0 Å². The van der Waals surface area contributed by atoms with Crippen molar-refractivity contribution in [3.63, 3.8) is 0 Å². The number of ether oxygens (including phenoxy) is 2. The number of rotatable bonds is 4. The van der Waals surface area contributed by atoms with Gasteiger partial charge in [0.25, 0.3) is 5.91 Å². The summed E-state index contributed by atoms with van der Waals surface area (Å²) in [7, 11) is 0. The number of likely N-dealkylation sites (tertiary alicyclic amines) is 1. The molecule has 0 aromatic heterocycles. The van der Waals surface area contributed by atoms with Crippen molar-refractivity contribution >= 4 is 29.1 Å². The van der Waals surface area contributed by atoms with Crippen molar-refractivity contribution in [2.45, 2.75) is 31.5 Å². The summed E-state index contributed by atoms with van der Waals surface area (Å²) in [5.41, 5.74) is 1.15. The van der Waals surface area contributed by atoms with Gasteiger partial charge >= 0.3 is 0 Å². The molecule has 5 nitrogen and oxygen atoms in total. The Morgan fingerprint density at radius 2 is 2.00 bits per heavy atom. The van der Waals surface area contributed by atoms with Crippen LogP contribution in [0.25, 0.3) is 0 Å². The minimum atomic E-state index is -0.465. The number of hydrogen-bond donors (Lipinski definition) is 1. The molecule has 0 bridgehead atoms. The fourth-order valence-corrected chi connectivity index (χ4v) is 3.39. The molecule has 0 saturated carbocycles. The third kappa shape index (κ3) is 4.83. The van der Waals surface area contributed by atoms with E-state index in [0.29, 0.717) is 29.9 Å². The molecule has 1 unspecified atom stereocenters. The van der Waals surface area contributed by atoms with Gasteiger partial charge in [-0.2, -0.15) is 0 Å². The molecule has 1 atom stereocenters. The van der Waals surface area contributed by atoms with Crippen LogP contribution in [0.3, 0.4) is 0 Å². The van der Waals surface area contributed by atoms with Crippen molar-refractivity contribution < 1.29 is 14.3 Å². The third-order valence-corrected chi connectivity index (χ3v) is 5.17. The minimum Gasteiger partial charge on any atom is -0.376 e. The predicted molar refractivity (Wildman–Crippen MR) is 93.5 cm³/mol. The van der Waals surface area contributed by atoms with Crippen LogP contribution < -0.4 is 5.32 Å². The predicted octanol–water partition coefficient (Wildman–Crippen LogP) is 2.49. The molecular weight excluding hydrogens is 351 g/mol. The second kappa shape index (κ2) is 8.50. The van der Waals surface area contributed by atoms with E-state index in [1.165, 1.54) is 0 Å². The summed E-state index contributed by atoms with van der Waals surface area (Å²) in [6, 6.07) is 5.95. The number of nitrogens with zero attached hydrogens (tertiary/aromatic N) is 1. The van der Waals surface area contributed by atoms with Crippen molar-refractivity contribution in [3.8, 4) is 0 Å². The van der Waals surface area contributed by atoms with Crippen LogP contribution in [0.4, 0.5) is 0 Å². The first kappa shape index (κ1) is 18.0. The Morgan fingerprint density at radius 1 is 1.21 bits per heavy atom. The van der Waals surface area contributed by atoms with Crippen LogP contribution in [0.2, 0.25) is 10.0 Å². The quantitative estimate of drug-likeness (QED) is 0.881. The molecule has 2 aliphatic rings. The zero-order chi connectivity index (χ0) is 16.9. The number of carbonyl (C=O) groups is 1. The van der Waals surface area contributed by atoms with Gasteiger partial charge < -0.3 is 14.8 Å². The number of hydrogen-bond acceptors (Lipinski definition) is 4. The molecule has 0 aliphatic carbocycles. The Labute approximate surface area is 152 Å². The van der Waals surface area contributed by atoms with Gasteiger partial charge in [0.15, 0.2) is 6.10 Å². The first-order valence-corrected chi connectivity index (χ1v) is 9.03. The average molecular weight is 373 g/mol. The standard InChI is InChI=1S/C17H22Cl2N2O3/c18-14-2-1-12(9-15(14)19)10-21-5-3-13(4-6-21)20-17(22)16-11-23-7-8-24-16/h1-2,9,13,16H,3-8,10-11H2,(H,20,22). The molecular formula is C17H22Cl2N2O3. The van der Waals surface area contributed by atoms with E-state index in [0.717, 1.165) is 38.0 Å². The van der Waals surface area contributed by atoms with Gasteiger partial charge in [-0.1, -0.05) is 29.3 Å². The normalized spacial score (nSPS) is 23.2. The summed E-state index contributed by atoms with van der Waals surface area (Å²) in [6.45, 7) is 4.12. The van der Waals surface area contributed by atoms with E-state index in [-0.39, 0.29) is 11.9 Å². The average Bonchev–Trinajstić information content (AvgIpc) is 2.61. The van der Waals surface area contributed by atoms with E-state index in [9.17, 15) is 4.79 Å². The molecule has 1 aromatic carbocycles. The van der Waals surface area contributed by atoms with Crippen LogP contribution in [0, 0.1) is 0 Å².